The summed E-state index contributed by atoms with van der Waals surface area (Å²) in [6.45, 7) is 6.99. The number of benzene rings is 3. The van der Waals surface area contributed by atoms with Crippen LogP contribution in [0.3, 0.4) is 0 Å². The Bertz CT molecular complexity index is 1060. The molecular weight excluding hydrogens is 420 g/mol. The highest BCUT2D eigenvalue weighted by Crippen LogP contribution is 2.23. The standard InChI is InChI=1S/C26H21NO2.C4H11N/c28-25-23(16-20-10-4-1-5-11-20)18-27(26(29)22-14-8-3-9-15-22)19-24(25)17-21-12-6-2-7-13-21;1-3-5-4-2/h1-17H,18-19H2;5H,3-4H2,1-2H3. The molecule has 4 rings (SSSR count). The predicted octanol–water partition coefficient (Wildman–Crippen LogP) is 5.49. The number of amides is 1. The van der Waals surface area contributed by atoms with Gasteiger partial charge in [-0.15, -0.1) is 0 Å². The highest BCUT2D eigenvalue weighted by atomic mass is 16.2. The summed E-state index contributed by atoms with van der Waals surface area (Å²) < 4.78 is 0. The largest absolute Gasteiger partial charge is 0.330 e. The molecule has 1 heterocycles. The Morgan fingerprint density at radius 2 is 1.15 bits per heavy atom. The Hall–Kier alpha value is -3.76. The second-order valence-electron chi connectivity index (χ2n) is 7.97. The van der Waals surface area contributed by atoms with Gasteiger partial charge in [0.2, 0.25) is 0 Å². The third kappa shape index (κ3) is 7.12. The minimum atomic E-state index is -0.0731. The summed E-state index contributed by atoms with van der Waals surface area (Å²) >= 11 is 0. The summed E-state index contributed by atoms with van der Waals surface area (Å²) in [5, 5.41) is 3.11. The van der Waals surface area contributed by atoms with Gasteiger partial charge in [0.25, 0.3) is 5.91 Å². The first-order chi connectivity index (χ1) is 16.6. The second kappa shape index (κ2) is 13.1. The molecule has 0 radical (unpaired) electrons. The molecule has 4 nitrogen and oxygen atoms in total. The van der Waals surface area contributed by atoms with Crippen molar-refractivity contribution in [1.29, 1.82) is 0 Å². The molecule has 0 aliphatic carbocycles. The van der Waals surface area contributed by atoms with Gasteiger partial charge in [-0.2, -0.15) is 0 Å². The summed E-state index contributed by atoms with van der Waals surface area (Å²) in [6.07, 6.45) is 3.76. The van der Waals surface area contributed by atoms with Crippen LogP contribution in [-0.2, 0) is 4.79 Å². The molecule has 1 amide bonds. The second-order valence-corrected chi connectivity index (χ2v) is 7.97. The molecule has 0 saturated carbocycles. The molecular formula is C30H32N2O2. The van der Waals surface area contributed by atoms with Crippen molar-refractivity contribution in [3.05, 3.63) is 119 Å². The monoisotopic (exact) mass is 452 g/mol. The summed E-state index contributed by atoms with van der Waals surface area (Å²) in [5.74, 6) is -0.0779. The van der Waals surface area contributed by atoms with E-state index in [0.29, 0.717) is 29.8 Å². The van der Waals surface area contributed by atoms with E-state index in [2.05, 4.69) is 19.2 Å². The molecule has 0 bridgehead atoms. The van der Waals surface area contributed by atoms with Crippen LogP contribution in [0.15, 0.2) is 102 Å². The van der Waals surface area contributed by atoms with Gasteiger partial charge in [0.05, 0.1) is 13.1 Å². The Labute approximate surface area is 202 Å². The number of hydrogen-bond acceptors (Lipinski definition) is 3. The maximum absolute atomic E-state index is 13.2. The molecule has 1 aliphatic rings. The first-order valence-corrected chi connectivity index (χ1v) is 11.7. The summed E-state index contributed by atoms with van der Waals surface area (Å²) in [7, 11) is 0. The molecule has 0 unspecified atom stereocenters. The molecule has 1 fully saturated rings. The quantitative estimate of drug-likeness (QED) is 0.521. The van der Waals surface area contributed by atoms with Crippen LogP contribution in [0.25, 0.3) is 12.2 Å². The van der Waals surface area contributed by atoms with Gasteiger partial charge in [0.1, 0.15) is 0 Å². The summed E-state index contributed by atoms with van der Waals surface area (Å²) in [4.78, 5) is 28.0. The topological polar surface area (TPSA) is 49.4 Å². The van der Waals surface area contributed by atoms with E-state index < -0.39 is 0 Å². The Kier molecular flexibility index (Phi) is 9.56. The fourth-order valence-corrected chi connectivity index (χ4v) is 3.70. The van der Waals surface area contributed by atoms with Crippen LogP contribution in [-0.4, -0.2) is 42.8 Å². The van der Waals surface area contributed by atoms with Crippen molar-refractivity contribution in [2.24, 2.45) is 0 Å². The first kappa shape index (κ1) is 24.9. The zero-order valence-corrected chi connectivity index (χ0v) is 19.9. The van der Waals surface area contributed by atoms with Crippen molar-refractivity contribution >= 4 is 23.8 Å². The third-order valence-corrected chi connectivity index (χ3v) is 5.39. The zero-order valence-electron chi connectivity index (χ0n) is 19.9. The van der Waals surface area contributed by atoms with E-state index >= 15 is 0 Å². The average molecular weight is 453 g/mol. The number of Topliss-reactive ketones (excluding diaryl/α,β-unsaturated/α-hetero) is 1. The van der Waals surface area contributed by atoms with Crippen molar-refractivity contribution in [1.82, 2.24) is 10.2 Å². The van der Waals surface area contributed by atoms with Gasteiger partial charge >= 0.3 is 0 Å². The maximum Gasteiger partial charge on any atom is 0.254 e. The predicted molar refractivity (Wildman–Crippen MR) is 140 cm³/mol. The van der Waals surface area contributed by atoms with Crippen LogP contribution in [0.4, 0.5) is 0 Å². The van der Waals surface area contributed by atoms with E-state index in [0.717, 1.165) is 24.2 Å². The SMILES string of the molecule is CCNCC.O=C1C(=Cc2ccccc2)CN(C(=O)c2ccccc2)CC1=Cc1ccccc1. The molecule has 1 aliphatic heterocycles. The summed E-state index contributed by atoms with van der Waals surface area (Å²) in [6, 6.07) is 28.7. The molecule has 34 heavy (non-hydrogen) atoms. The molecule has 0 spiro atoms. The lowest BCUT2D eigenvalue weighted by molar-refractivity contribution is -0.113. The van der Waals surface area contributed by atoms with Gasteiger partial charge in [0.15, 0.2) is 5.78 Å². The molecule has 3 aromatic rings. The Morgan fingerprint density at radius 1 is 0.735 bits per heavy atom. The van der Waals surface area contributed by atoms with Gasteiger partial charge in [-0.1, -0.05) is 92.7 Å². The van der Waals surface area contributed by atoms with E-state index in [1.807, 2.05) is 91.0 Å². The summed E-state index contributed by atoms with van der Waals surface area (Å²) in [5.41, 5.74) is 3.76. The lowest BCUT2D eigenvalue weighted by Crippen LogP contribution is -2.41. The maximum atomic E-state index is 13.2. The lowest BCUT2D eigenvalue weighted by atomic mass is 9.93. The molecule has 1 N–H and O–H groups in total. The van der Waals surface area contributed by atoms with Crippen LogP contribution in [0.5, 0.6) is 0 Å². The van der Waals surface area contributed by atoms with Crippen LogP contribution in [0, 0.1) is 0 Å². The molecule has 1 saturated heterocycles. The van der Waals surface area contributed by atoms with Crippen LogP contribution in [0.2, 0.25) is 0 Å². The van der Waals surface area contributed by atoms with Crippen molar-refractivity contribution in [3.63, 3.8) is 0 Å². The van der Waals surface area contributed by atoms with E-state index in [-0.39, 0.29) is 11.7 Å². The number of likely N-dealkylation sites (tertiary alicyclic amines) is 1. The van der Waals surface area contributed by atoms with Crippen LogP contribution < -0.4 is 5.32 Å². The third-order valence-electron chi connectivity index (χ3n) is 5.39. The van der Waals surface area contributed by atoms with Crippen molar-refractivity contribution in [2.75, 3.05) is 26.2 Å². The number of nitrogens with one attached hydrogen (secondary N) is 1. The van der Waals surface area contributed by atoms with Gasteiger partial charge in [-0.3, -0.25) is 9.59 Å². The van der Waals surface area contributed by atoms with Gasteiger partial charge < -0.3 is 10.2 Å². The lowest BCUT2D eigenvalue weighted by Gasteiger charge is -2.30. The van der Waals surface area contributed by atoms with Crippen molar-refractivity contribution in [2.45, 2.75) is 13.8 Å². The molecule has 3 aromatic carbocycles. The highest BCUT2D eigenvalue weighted by molar-refractivity contribution is 6.15. The number of carbonyl (C=O) groups excluding carboxylic acids is 2. The van der Waals surface area contributed by atoms with Crippen molar-refractivity contribution in [3.8, 4) is 0 Å². The number of piperidine rings is 1. The number of ketones is 1. The minimum Gasteiger partial charge on any atom is -0.330 e. The number of carbonyl (C=O) groups is 2. The molecule has 174 valence electrons. The normalized spacial score (nSPS) is 15.7. The molecule has 0 atom stereocenters. The van der Waals surface area contributed by atoms with Crippen LogP contribution in [0.1, 0.15) is 35.3 Å². The highest BCUT2D eigenvalue weighted by Gasteiger charge is 2.29. The minimum absolute atomic E-state index is 0.00480. The van der Waals surface area contributed by atoms with E-state index in [4.69, 9.17) is 0 Å². The average Bonchev–Trinajstić information content (AvgIpc) is 2.88. The smallest absolute Gasteiger partial charge is 0.254 e. The fourth-order valence-electron chi connectivity index (χ4n) is 3.70. The molecule has 4 heteroatoms. The Morgan fingerprint density at radius 3 is 1.53 bits per heavy atom. The fraction of sp³-hybridized carbons (Fsp3) is 0.200. The van der Waals surface area contributed by atoms with Crippen molar-refractivity contribution < 1.29 is 9.59 Å². The van der Waals surface area contributed by atoms with Gasteiger partial charge in [0, 0.05) is 16.7 Å². The van der Waals surface area contributed by atoms with Crippen LogP contribution >= 0.6 is 0 Å². The van der Waals surface area contributed by atoms with E-state index in [1.54, 1.807) is 17.0 Å². The Balaban J connectivity index is 0.000000588. The zero-order chi connectivity index (χ0) is 24.2. The van der Waals surface area contributed by atoms with E-state index in [1.165, 1.54) is 0 Å². The van der Waals surface area contributed by atoms with E-state index in [9.17, 15) is 9.59 Å². The number of hydrogen-bond donors (Lipinski definition) is 1. The first-order valence-electron chi connectivity index (χ1n) is 11.7. The van der Waals surface area contributed by atoms with Gasteiger partial charge in [-0.05, 0) is 48.5 Å². The van der Waals surface area contributed by atoms with Gasteiger partial charge in [-0.25, -0.2) is 0 Å². The number of rotatable bonds is 5. The number of nitrogens with zero attached hydrogens (tertiary/aromatic N) is 1. The molecule has 0 aromatic heterocycles.